The van der Waals surface area contributed by atoms with Gasteiger partial charge in [-0.2, -0.15) is 0 Å². The Bertz CT molecular complexity index is 654. The van der Waals surface area contributed by atoms with Crippen LogP contribution in [0, 0.1) is 3.57 Å². The van der Waals surface area contributed by atoms with Crippen LogP contribution in [-0.4, -0.2) is 28.8 Å². The lowest BCUT2D eigenvalue weighted by Gasteiger charge is -2.12. The lowest BCUT2D eigenvalue weighted by Crippen LogP contribution is -3.34. The molecule has 0 atom stereocenters. The highest BCUT2D eigenvalue weighted by atomic mass is 127. The monoisotopic (exact) mass is 417 g/mol. The molecule has 1 heterocycles. The van der Waals surface area contributed by atoms with Crippen LogP contribution in [0.4, 0.5) is 0 Å². The molecule has 1 aliphatic heterocycles. The molecule has 0 spiro atoms. The molecule has 0 aliphatic carbocycles. The Morgan fingerprint density at radius 2 is 1.91 bits per heavy atom. The molecule has 1 saturated heterocycles. The zero-order chi connectivity index (χ0) is 16.3. The van der Waals surface area contributed by atoms with Crippen LogP contribution < -0.4 is 34.1 Å². The molecular weight excluding hydrogens is 403 g/mol. The smallest absolute Gasteiger partial charge is 0.364 e. The van der Waals surface area contributed by atoms with E-state index in [1.165, 1.54) is 6.07 Å². The molecule has 2 rings (SSSR count). The number of rotatable bonds is 4. The Hall–Kier alpha value is -2.17. The zero-order valence-electron chi connectivity index (χ0n) is 11.4. The summed E-state index contributed by atoms with van der Waals surface area (Å²) in [6.45, 7) is 0.301. The molecule has 0 unspecified atom stereocenters. The molecule has 0 radical (unpaired) electrons. The van der Waals surface area contributed by atoms with Crippen molar-refractivity contribution in [1.29, 1.82) is 0 Å². The number of carbonyl (C=O) groups excluding carboxylic acids is 3. The van der Waals surface area contributed by atoms with Gasteiger partial charge >= 0.3 is 5.97 Å². The molecule has 22 heavy (non-hydrogen) atoms. The molecule has 0 saturated carbocycles. The third kappa shape index (κ3) is 3.72. The Morgan fingerprint density at radius 3 is 2.45 bits per heavy atom. The fourth-order valence-electron chi connectivity index (χ4n) is 1.78. The van der Waals surface area contributed by atoms with Gasteiger partial charge in [0.2, 0.25) is 0 Å². The summed E-state index contributed by atoms with van der Waals surface area (Å²) in [4.78, 5) is 43.5. The fourth-order valence-corrected chi connectivity index (χ4v) is 2.52. The van der Waals surface area contributed by atoms with Crippen molar-refractivity contribution in [2.45, 2.75) is 19.4 Å². The second kappa shape index (κ2) is 6.73. The van der Waals surface area contributed by atoms with Crippen LogP contribution in [0.15, 0.2) is 23.2 Å². The molecule has 4 N–H and O–H groups in total. The minimum Gasteiger partial charge on any atom is -0.370 e. The van der Waals surface area contributed by atoms with Crippen LogP contribution in [0.3, 0.4) is 0 Å². The zero-order valence-corrected chi connectivity index (χ0v) is 13.8. The van der Waals surface area contributed by atoms with E-state index in [-0.39, 0.29) is 24.4 Å². The first kappa shape index (κ1) is 16.2. The van der Waals surface area contributed by atoms with Gasteiger partial charge in [0.1, 0.15) is 0 Å². The Labute approximate surface area is 139 Å². The normalized spacial score (nSPS) is 14.1. The SMILES string of the molecule is NC(N)=NCc1ccc(C(=O)ON2C(=O)CCC2=O)cc1[IH+]. The van der Waals surface area contributed by atoms with E-state index < -0.39 is 17.8 Å². The van der Waals surface area contributed by atoms with Gasteiger partial charge in [0.05, 0.1) is 12.1 Å². The Morgan fingerprint density at radius 1 is 1.27 bits per heavy atom. The van der Waals surface area contributed by atoms with Crippen LogP contribution in [0.25, 0.3) is 0 Å². The Kier molecular flexibility index (Phi) is 4.96. The number of hydrogen-bond donors (Lipinski definition) is 2. The number of halogens is 1. The van der Waals surface area contributed by atoms with E-state index in [9.17, 15) is 14.4 Å². The highest BCUT2D eigenvalue weighted by molar-refractivity contribution is 6.02. The van der Waals surface area contributed by atoms with Crippen molar-refractivity contribution in [2.24, 2.45) is 16.5 Å². The number of guanidine groups is 1. The van der Waals surface area contributed by atoms with E-state index in [2.05, 4.69) is 4.99 Å². The quantitative estimate of drug-likeness (QED) is 0.223. The molecule has 8 nitrogen and oxygen atoms in total. The number of amides is 2. The van der Waals surface area contributed by atoms with Crippen molar-refractivity contribution in [2.75, 3.05) is 0 Å². The predicted molar refractivity (Wildman–Crippen MR) is 72.6 cm³/mol. The topological polar surface area (TPSA) is 128 Å². The molecule has 0 bridgehead atoms. The first-order valence-corrected chi connectivity index (χ1v) is 7.48. The third-order valence-corrected chi connectivity index (χ3v) is 4.00. The van der Waals surface area contributed by atoms with E-state index in [1.54, 1.807) is 34.7 Å². The summed E-state index contributed by atoms with van der Waals surface area (Å²) in [5.74, 6) is -1.81. The van der Waals surface area contributed by atoms with E-state index in [0.29, 0.717) is 11.6 Å². The number of benzene rings is 1. The summed E-state index contributed by atoms with van der Waals surface area (Å²) >= 11 is 1.71. The second-order valence-electron chi connectivity index (χ2n) is 4.52. The first-order valence-electron chi connectivity index (χ1n) is 6.32. The predicted octanol–water partition coefficient (Wildman–Crippen LogP) is -3.86. The molecular formula is C13H14IN4O4+. The highest BCUT2D eigenvalue weighted by Gasteiger charge is 2.33. The van der Waals surface area contributed by atoms with Gasteiger partial charge in [-0.15, -0.1) is 5.06 Å². The van der Waals surface area contributed by atoms with Crippen molar-refractivity contribution < 1.29 is 41.8 Å². The average molecular weight is 417 g/mol. The maximum absolute atomic E-state index is 12.0. The fraction of sp³-hybridized carbons (Fsp3) is 0.231. The number of hydrogen-bond acceptors (Lipinski definition) is 5. The Balaban J connectivity index is 2.10. The van der Waals surface area contributed by atoms with Gasteiger partial charge in [0.25, 0.3) is 34.4 Å². The summed E-state index contributed by atoms with van der Waals surface area (Å²) < 4.78 is 0.800. The van der Waals surface area contributed by atoms with Gasteiger partial charge in [-0.3, -0.25) is 9.59 Å². The van der Waals surface area contributed by atoms with Crippen molar-refractivity contribution >= 4 is 23.7 Å². The van der Waals surface area contributed by atoms with Gasteiger partial charge in [0, 0.05) is 24.5 Å². The van der Waals surface area contributed by atoms with E-state index in [4.69, 9.17) is 16.3 Å². The van der Waals surface area contributed by atoms with Gasteiger partial charge < -0.3 is 16.3 Å². The number of nitrogens with zero attached hydrogens (tertiary/aromatic N) is 2. The molecule has 2 amide bonds. The number of aliphatic imine (C=N–C) groups is 1. The molecule has 1 fully saturated rings. The van der Waals surface area contributed by atoms with Gasteiger partial charge in [-0.25, -0.2) is 9.79 Å². The summed E-state index contributed by atoms with van der Waals surface area (Å²) in [6.07, 6.45) is 0.117. The van der Waals surface area contributed by atoms with Crippen molar-refractivity contribution in [1.82, 2.24) is 5.06 Å². The lowest BCUT2D eigenvalue weighted by atomic mass is 10.1. The van der Waals surface area contributed by atoms with Gasteiger partial charge in [0.15, 0.2) is 9.53 Å². The second-order valence-corrected chi connectivity index (χ2v) is 5.78. The molecule has 9 heteroatoms. The van der Waals surface area contributed by atoms with Crippen LogP contribution >= 0.6 is 0 Å². The summed E-state index contributed by atoms with van der Waals surface area (Å²) in [6, 6.07) is 4.81. The molecule has 1 aromatic rings. The average Bonchev–Trinajstić information content (AvgIpc) is 2.77. The van der Waals surface area contributed by atoms with Crippen LogP contribution in [-0.2, 0) is 21.0 Å². The third-order valence-electron chi connectivity index (χ3n) is 2.91. The van der Waals surface area contributed by atoms with E-state index >= 15 is 0 Å². The highest BCUT2D eigenvalue weighted by Crippen LogP contribution is 2.15. The maximum atomic E-state index is 12.0. The van der Waals surface area contributed by atoms with Crippen molar-refractivity contribution in [3.63, 3.8) is 0 Å². The van der Waals surface area contributed by atoms with E-state index in [0.717, 1.165) is 9.13 Å². The van der Waals surface area contributed by atoms with Crippen molar-refractivity contribution in [3.05, 3.63) is 32.9 Å². The minimum atomic E-state index is -0.762. The summed E-state index contributed by atoms with van der Waals surface area (Å²) in [5, 5.41) is 0.520. The van der Waals surface area contributed by atoms with E-state index in [1.807, 2.05) is 0 Å². The van der Waals surface area contributed by atoms with Crippen molar-refractivity contribution in [3.8, 4) is 0 Å². The summed E-state index contributed by atoms with van der Waals surface area (Å²) in [7, 11) is 0. The van der Waals surface area contributed by atoms with Crippen LogP contribution in [0.5, 0.6) is 0 Å². The van der Waals surface area contributed by atoms with Gasteiger partial charge in [-0.1, -0.05) is 6.07 Å². The maximum Gasteiger partial charge on any atom is 0.364 e. The molecule has 1 aromatic carbocycles. The molecule has 1 aliphatic rings. The number of nitrogens with two attached hydrogens (primary N) is 2. The van der Waals surface area contributed by atoms with Crippen LogP contribution in [0.1, 0.15) is 28.8 Å². The number of imide groups is 1. The minimum absolute atomic E-state index is 0.0184. The lowest BCUT2D eigenvalue weighted by molar-refractivity contribution is -0.329. The molecule has 116 valence electrons. The number of hydroxylamine groups is 2. The standard InChI is InChI=1S/C13H14IN4O4/c14-9-5-7(1-2-8(9)6-17-13(15)16)12(21)22-18-10(19)3-4-11(18)20/h1-2,5,14H,3-4,6H2,(H4,15,16,17)/q+1. The number of carbonyl (C=O) groups is 3. The van der Waals surface area contributed by atoms with Crippen LogP contribution in [0.2, 0.25) is 0 Å². The van der Waals surface area contributed by atoms with Gasteiger partial charge in [-0.05, 0) is 6.07 Å². The molecule has 0 aromatic heterocycles. The largest absolute Gasteiger partial charge is 0.370 e. The first-order chi connectivity index (χ1) is 10.4. The summed E-state index contributed by atoms with van der Waals surface area (Å²) in [5.41, 5.74) is 11.6.